The van der Waals surface area contributed by atoms with E-state index in [2.05, 4.69) is 21.0 Å². The maximum atomic E-state index is 12.5. The van der Waals surface area contributed by atoms with Crippen molar-refractivity contribution in [1.29, 1.82) is 0 Å². The molecule has 0 aromatic carbocycles. The van der Waals surface area contributed by atoms with Gasteiger partial charge in [-0.25, -0.2) is 4.68 Å². The first-order valence-corrected chi connectivity index (χ1v) is 7.67. The van der Waals surface area contributed by atoms with Gasteiger partial charge >= 0.3 is 0 Å². The normalized spacial score (nSPS) is 15.3. The van der Waals surface area contributed by atoms with Crippen molar-refractivity contribution in [3.8, 4) is 0 Å². The first kappa shape index (κ1) is 14.5. The van der Waals surface area contributed by atoms with Gasteiger partial charge in [0.05, 0.1) is 10.7 Å². The summed E-state index contributed by atoms with van der Waals surface area (Å²) in [6, 6.07) is 0. The number of rotatable bonds is 6. The summed E-state index contributed by atoms with van der Waals surface area (Å²) in [6.45, 7) is 4.73. The van der Waals surface area contributed by atoms with E-state index in [1.807, 2.05) is 11.8 Å². The summed E-state index contributed by atoms with van der Waals surface area (Å²) >= 11 is 3.43. The molecule has 0 aliphatic heterocycles. The molecule has 106 valence electrons. The first-order chi connectivity index (χ1) is 9.17. The molecule has 0 spiro atoms. The number of hydrogen-bond donors (Lipinski definition) is 1. The second-order valence-corrected chi connectivity index (χ2v) is 5.85. The Kier molecular flexibility index (Phi) is 4.99. The molecular weight excluding hydrogens is 308 g/mol. The van der Waals surface area contributed by atoms with Gasteiger partial charge < -0.3 is 10.6 Å². The Morgan fingerprint density at radius 2 is 2.32 bits per heavy atom. The van der Waals surface area contributed by atoms with E-state index in [9.17, 15) is 4.79 Å². The van der Waals surface area contributed by atoms with Crippen LogP contribution in [0.5, 0.6) is 0 Å². The molecule has 1 heterocycles. The molecule has 1 aromatic heterocycles. The van der Waals surface area contributed by atoms with Crippen LogP contribution in [0.1, 0.15) is 26.2 Å². The van der Waals surface area contributed by atoms with Crippen LogP contribution in [0.2, 0.25) is 0 Å². The van der Waals surface area contributed by atoms with Crippen LogP contribution in [0.15, 0.2) is 15.5 Å². The molecule has 1 aliphatic rings. The van der Waals surface area contributed by atoms with Gasteiger partial charge in [-0.3, -0.25) is 4.79 Å². The standard InChI is InChI=1S/C13H21BrN4O/c1-2-17(7-6-15)12-11(14)8-16-18(13(12)19)9-10-4-3-5-10/h8,10H,2-7,9,15H2,1H3. The number of nitrogens with two attached hydrogens (primary N) is 1. The maximum absolute atomic E-state index is 12.5. The van der Waals surface area contributed by atoms with Crippen molar-refractivity contribution in [2.24, 2.45) is 11.7 Å². The summed E-state index contributed by atoms with van der Waals surface area (Å²) in [6.07, 6.45) is 5.41. The van der Waals surface area contributed by atoms with E-state index in [1.54, 1.807) is 10.9 Å². The fraction of sp³-hybridized carbons (Fsp3) is 0.692. The van der Waals surface area contributed by atoms with Crippen LogP contribution in [0.4, 0.5) is 5.69 Å². The Balaban J connectivity index is 2.29. The highest BCUT2D eigenvalue weighted by Gasteiger charge is 2.21. The molecular formula is C13H21BrN4O. The number of hydrogen-bond acceptors (Lipinski definition) is 4. The van der Waals surface area contributed by atoms with Crippen LogP contribution in [-0.2, 0) is 6.54 Å². The number of anilines is 1. The monoisotopic (exact) mass is 328 g/mol. The number of halogens is 1. The SMILES string of the molecule is CCN(CCN)c1c(Br)cnn(CC2CCC2)c1=O. The molecule has 1 saturated carbocycles. The fourth-order valence-corrected chi connectivity index (χ4v) is 2.89. The Labute approximate surface area is 121 Å². The lowest BCUT2D eigenvalue weighted by Gasteiger charge is -2.27. The highest BCUT2D eigenvalue weighted by molar-refractivity contribution is 9.10. The summed E-state index contributed by atoms with van der Waals surface area (Å²) in [7, 11) is 0. The van der Waals surface area contributed by atoms with Gasteiger partial charge in [0.1, 0.15) is 5.69 Å². The molecule has 0 atom stereocenters. The van der Waals surface area contributed by atoms with Crippen molar-refractivity contribution in [3.63, 3.8) is 0 Å². The van der Waals surface area contributed by atoms with E-state index in [4.69, 9.17) is 5.73 Å². The molecule has 0 amide bonds. The molecule has 1 aliphatic carbocycles. The molecule has 1 aromatic rings. The summed E-state index contributed by atoms with van der Waals surface area (Å²) in [5.41, 5.74) is 6.28. The third-order valence-electron chi connectivity index (χ3n) is 3.73. The van der Waals surface area contributed by atoms with Crippen LogP contribution in [0.3, 0.4) is 0 Å². The predicted molar refractivity (Wildman–Crippen MR) is 80.5 cm³/mol. The zero-order valence-electron chi connectivity index (χ0n) is 11.3. The van der Waals surface area contributed by atoms with Gasteiger partial charge in [0, 0.05) is 26.2 Å². The molecule has 2 N–H and O–H groups in total. The van der Waals surface area contributed by atoms with Crippen LogP contribution in [0.25, 0.3) is 0 Å². The molecule has 0 radical (unpaired) electrons. The van der Waals surface area contributed by atoms with Crippen molar-refractivity contribution in [3.05, 3.63) is 21.0 Å². The second-order valence-electron chi connectivity index (χ2n) is 4.99. The highest BCUT2D eigenvalue weighted by Crippen LogP contribution is 2.28. The van der Waals surface area contributed by atoms with E-state index < -0.39 is 0 Å². The smallest absolute Gasteiger partial charge is 0.291 e. The summed E-state index contributed by atoms with van der Waals surface area (Å²) < 4.78 is 2.35. The minimum Gasteiger partial charge on any atom is -0.365 e. The third kappa shape index (κ3) is 3.17. The average molecular weight is 329 g/mol. The van der Waals surface area contributed by atoms with Gasteiger partial charge in [-0.05, 0) is 41.6 Å². The second kappa shape index (κ2) is 6.52. The molecule has 0 bridgehead atoms. The quantitative estimate of drug-likeness (QED) is 0.861. The van der Waals surface area contributed by atoms with E-state index in [-0.39, 0.29) is 5.56 Å². The summed E-state index contributed by atoms with van der Waals surface area (Å²) in [5, 5.41) is 4.24. The fourth-order valence-electron chi connectivity index (χ4n) is 2.38. The van der Waals surface area contributed by atoms with Gasteiger partial charge in [-0.1, -0.05) is 6.42 Å². The minimum absolute atomic E-state index is 0.0171. The lowest BCUT2D eigenvalue weighted by atomic mass is 9.85. The van der Waals surface area contributed by atoms with E-state index in [0.29, 0.717) is 24.7 Å². The van der Waals surface area contributed by atoms with Crippen LogP contribution >= 0.6 is 15.9 Å². The number of aromatic nitrogens is 2. The summed E-state index contributed by atoms with van der Waals surface area (Å²) in [5.74, 6) is 0.615. The van der Waals surface area contributed by atoms with E-state index >= 15 is 0 Å². The average Bonchev–Trinajstić information content (AvgIpc) is 2.34. The van der Waals surface area contributed by atoms with Gasteiger partial charge in [0.15, 0.2) is 0 Å². The van der Waals surface area contributed by atoms with E-state index in [1.165, 1.54) is 19.3 Å². The lowest BCUT2D eigenvalue weighted by Crippen LogP contribution is -2.38. The lowest BCUT2D eigenvalue weighted by molar-refractivity contribution is 0.261. The first-order valence-electron chi connectivity index (χ1n) is 6.88. The van der Waals surface area contributed by atoms with Crippen molar-refractivity contribution >= 4 is 21.6 Å². The molecule has 19 heavy (non-hydrogen) atoms. The largest absolute Gasteiger partial charge is 0.365 e. The zero-order chi connectivity index (χ0) is 13.8. The van der Waals surface area contributed by atoms with E-state index in [0.717, 1.165) is 17.6 Å². The van der Waals surface area contributed by atoms with Crippen LogP contribution in [0, 0.1) is 5.92 Å². The van der Waals surface area contributed by atoms with Crippen LogP contribution < -0.4 is 16.2 Å². The van der Waals surface area contributed by atoms with Crippen molar-refractivity contribution < 1.29 is 0 Å². The van der Waals surface area contributed by atoms with Crippen molar-refractivity contribution in [2.75, 3.05) is 24.5 Å². The maximum Gasteiger partial charge on any atom is 0.291 e. The van der Waals surface area contributed by atoms with Gasteiger partial charge in [-0.2, -0.15) is 5.10 Å². The Hall–Kier alpha value is -0.880. The van der Waals surface area contributed by atoms with Gasteiger partial charge in [0.2, 0.25) is 0 Å². The van der Waals surface area contributed by atoms with Gasteiger partial charge in [-0.15, -0.1) is 0 Å². The molecule has 0 unspecified atom stereocenters. The Bertz CT molecular complexity index is 484. The van der Waals surface area contributed by atoms with Gasteiger partial charge in [0.25, 0.3) is 5.56 Å². The molecule has 6 heteroatoms. The van der Waals surface area contributed by atoms with Crippen LogP contribution in [-0.4, -0.2) is 29.4 Å². The minimum atomic E-state index is -0.0171. The highest BCUT2D eigenvalue weighted by atomic mass is 79.9. The van der Waals surface area contributed by atoms with Crippen molar-refractivity contribution in [2.45, 2.75) is 32.7 Å². The third-order valence-corrected chi connectivity index (χ3v) is 4.31. The zero-order valence-corrected chi connectivity index (χ0v) is 12.9. The molecule has 0 saturated heterocycles. The number of likely N-dealkylation sites (N-methyl/N-ethyl adjacent to an activating group) is 1. The Morgan fingerprint density at radius 3 is 2.84 bits per heavy atom. The topological polar surface area (TPSA) is 64.2 Å². The van der Waals surface area contributed by atoms with Crippen molar-refractivity contribution in [1.82, 2.24) is 9.78 Å². The molecule has 1 fully saturated rings. The summed E-state index contributed by atoms with van der Waals surface area (Å²) in [4.78, 5) is 14.5. The molecule has 2 rings (SSSR count). The Morgan fingerprint density at radius 1 is 1.58 bits per heavy atom. The number of nitrogens with zero attached hydrogens (tertiary/aromatic N) is 3. The predicted octanol–water partition coefficient (Wildman–Crippen LogP) is 1.59. The molecule has 5 nitrogen and oxygen atoms in total.